The molecule has 0 saturated heterocycles. The number of hydrogen-bond donors (Lipinski definition) is 2. The summed E-state index contributed by atoms with van der Waals surface area (Å²) in [6, 6.07) is 12.9. The first-order valence-corrected chi connectivity index (χ1v) is 13.7. The number of aryl methyl sites for hydroxylation is 2. The number of hydrogen-bond acceptors (Lipinski definition) is 6. The van der Waals surface area contributed by atoms with Gasteiger partial charge >= 0.3 is 12.1 Å². The second-order valence-corrected chi connectivity index (χ2v) is 11.3. The third kappa shape index (κ3) is 8.31. The quantitative estimate of drug-likeness (QED) is 0.429. The van der Waals surface area contributed by atoms with Gasteiger partial charge in [-0.1, -0.05) is 54.1 Å². The first-order valence-electron chi connectivity index (χ1n) is 13.7. The van der Waals surface area contributed by atoms with Crippen LogP contribution in [0.4, 0.5) is 4.79 Å². The highest BCUT2D eigenvalue weighted by molar-refractivity contribution is 5.94. The molecule has 40 heavy (non-hydrogen) atoms. The van der Waals surface area contributed by atoms with Gasteiger partial charge in [0.2, 0.25) is 11.8 Å². The van der Waals surface area contributed by atoms with Gasteiger partial charge < -0.3 is 25.0 Å². The molecule has 2 N–H and O–H groups in total. The summed E-state index contributed by atoms with van der Waals surface area (Å²) in [6.07, 6.45) is 1.87. The van der Waals surface area contributed by atoms with E-state index in [0.717, 1.165) is 36.0 Å². The number of nitrogens with one attached hydrogen (secondary N) is 2. The van der Waals surface area contributed by atoms with Crippen molar-refractivity contribution in [2.24, 2.45) is 0 Å². The number of alkyl carbamates (subject to hydrolysis) is 1. The van der Waals surface area contributed by atoms with Crippen molar-refractivity contribution in [2.45, 2.75) is 84.0 Å². The zero-order valence-corrected chi connectivity index (χ0v) is 24.3. The fourth-order valence-corrected chi connectivity index (χ4v) is 4.66. The molecule has 2 aromatic carbocycles. The monoisotopic (exact) mass is 551 g/mol. The van der Waals surface area contributed by atoms with Crippen molar-refractivity contribution in [1.29, 1.82) is 0 Å². The Labute approximate surface area is 236 Å². The average Bonchev–Trinajstić information content (AvgIpc) is 2.86. The minimum atomic E-state index is -1.01. The average molecular weight is 552 g/mol. The van der Waals surface area contributed by atoms with Crippen molar-refractivity contribution in [3.05, 3.63) is 70.8 Å². The van der Waals surface area contributed by atoms with Crippen LogP contribution < -0.4 is 10.6 Å². The molecule has 0 radical (unpaired) electrons. The minimum absolute atomic E-state index is 0.208. The van der Waals surface area contributed by atoms with Crippen LogP contribution in [0.2, 0.25) is 0 Å². The fraction of sp³-hybridized carbons (Fsp3) is 0.484. The Morgan fingerprint density at radius 2 is 1.70 bits per heavy atom. The van der Waals surface area contributed by atoms with Gasteiger partial charge in [0.05, 0.1) is 7.11 Å². The van der Waals surface area contributed by atoms with Gasteiger partial charge in [-0.2, -0.15) is 0 Å². The van der Waals surface area contributed by atoms with E-state index in [-0.39, 0.29) is 19.0 Å². The molecule has 0 aromatic heterocycles. The molecule has 0 aliphatic heterocycles. The van der Waals surface area contributed by atoms with Crippen LogP contribution in [0, 0.1) is 13.8 Å². The summed E-state index contributed by atoms with van der Waals surface area (Å²) in [5, 5.41) is 5.44. The summed E-state index contributed by atoms with van der Waals surface area (Å²) < 4.78 is 10.2. The summed E-state index contributed by atoms with van der Waals surface area (Å²) in [4.78, 5) is 54.6. The molecule has 0 bridgehead atoms. The van der Waals surface area contributed by atoms with E-state index in [9.17, 15) is 19.2 Å². The van der Waals surface area contributed by atoms with Crippen molar-refractivity contribution in [1.82, 2.24) is 15.5 Å². The molecule has 216 valence electrons. The second kappa shape index (κ2) is 13.5. The van der Waals surface area contributed by atoms with Crippen LogP contribution in [0.25, 0.3) is 0 Å². The first kappa shape index (κ1) is 30.7. The molecule has 1 aliphatic carbocycles. The van der Waals surface area contributed by atoms with Crippen LogP contribution in [0.5, 0.6) is 0 Å². The highest BCUT2D eigenvalue weighted by Crippen LogP contribution is 2.35. The van der Waals surface area contributed by atoms with E-state index >= 15 is 0 Å². The Morgan fingerprint density at radius 1 is 1.02 bits per heavy atom. The maximum absolute atomic E-state index is 14.5. The van der Waals surface area contributed by atoms with Crippen LogP contribution in [-0.4, -0.2) is 60.1 Å². The number of carbonyl (C=O) groups excluding carboxylic acids is 4. The van der Waals surface area contributed by atoms with Crippen LogP contribution >= 0.6 is 0 Å². The number of esters is 1. The Balaban J connectivity index is 2.06. The minimum Gasteiger partial charge on any atom is -0.468 e. The van der Waals surface area contributed by atoms with E-state index in [4.69, 9.17) is 9.47 Å². The molecular formula is C31H41N3O6. The third-order valence-electron chi connectivity index (χ3n) is 6.88. The molecule has 3 amide bonds. The van der Waals surface area contributed by atoms with Crippen LogP contribution in [0.15, 0.2) is 48.5 Å². The van der Waals surface area contributed by atoms with Gasteiger partial charge in [-0.3, -0.25) is 14.4 Å². The maximum Gasteiger partial charge on any atom is 0.408 e. The number of benzene rings is 2. The normalized spacial score (nSPS) is 14.8. The SMILES string of the molecule is COC(=O)CNC(=O)C(c1cc(C)ccc1C)N(C(=O)C(Cc1ccccc1)NC(=O)OC(C)(C)C)C1CCC1. The van der Waals surface area contributed by atoms with Gasteiger partial charge in [0.25, 0.3) is 0 Å². The van der Waals surface area contributed by atoms with Crippen molar-refractivity contribution < 1.29 is 28.7 Å². The van der Waals surface area contributed by atoms with E-state index in [1.807, 2.05) is 62.4 Å². The van der Waals surface area contributed by atoms with Gasteiger partial charge in [-0.05, 0) is 70.6 Å². The van der Waals surface area contributed by atoms with Gasteiger partial charge in [-0.25, -0.2) is 4.79 Å². The molecular weight excluding hydrogens is 510 g/mol. The number of nitrogens with zero attached hydrogens (tertiary/aromatic N) is 1. The van der Waals surface area contributed by atoms with E-state index in [2.05, 4.69) is 10.6 Å². The van der Waals surface area contributed by atoms with Crippen LogP contribution in [0.1, 0.15) is 68.3 Å². The van der Waals surface area contributed by atoms with Crippen molar-refractivity contribution in [3.8, 4) is 0 Å². The Bertz CT molecular complexity index is 1200. The molecule has 9 heteroatoms. The third-order valence-corrected chi connectivity index (χ3v) is 6.88. The van der Waals surface area contributed by atoms with E-state index in [0.29, 0.717) is 5.56 Å². The Kier molecular flexibility index (Phi) is 10.3. The number of rotatable bonds is 10. The molecule has 0 heterocycles. The lowest BCUT2D eigenvalue weighted by atomic mass is 9.86. The summed E-state index contributed by atoms with van der Waals surface area (Å²) in [7, 11) is 1.25. The Morgan fingerprint density at radius 3 is 2.27 bits per heavy atom. The first-order chi connectivity index (χ1) is 18.9. The smallest absolute Gasteiger partial charge is 0.408 e. The van der Waals surface area contributed by atoms with Gasteiger partial charge in [0.1, 0.15) is 24.2 Å². The van der Waals surface area contributed by atoms with E-state index in [1.165, 1.54) is 7.11 Å². The van der Waals surface area contributed by atoms with E-state index in [1.54, 1.807) is 25.7 Å². The maximum atomic E-state index is 14.5. The fourth-order valence-electron chi connectivity index (χ4n) is 4.66. The molecule has 2 atom stereocenters. The van der Waals surface area contributed by atoms with Crippen molar-refractivity contribution in [3.63, 3.8) is 0 Å². The largest absolute Gasteiger partial charge is 0.468 e. The highest BCUT2D eigenvalue weighted by atomic mass is 16.6. The number of carbonyl (C=O) groups is 4. The van der Waals surface area contributed by atoms with E-state index < -0.39 is 41.6 Å². The predicted octanol–water partition coefficient (Wildman–Crippen LogP) is 4.15. The van der Waals surface area contributed by atoms with Gasteiger partial charge in [0.15, 0.2) is 0 Å². The highest BCUT2D eigenvalue weighted by Gasteiger charge is 2.42. The summed E-state index contributed by atoms with van der Waals surface area (Å²) in [6.45, 7) is 8.74. The Hall–Kier alpha value is -3.88. The lowest BCUT2D eigenvalue weighted by Crippen LogP contribution is -2.58. The zero-order valence-electron chi connectivity index (χ0n) is 24.3. The topological polar surface area (TPSA) is 114 Å². The number of amides is 3. The summed E-state index contributed by atoms with van der Waals surface area (Å²) >= 11 is 0. The molecule has 1 fully saturated rings. The molecule has 9 nitrogen and oxygen atoms in total. The number of methoxy groups -OCH3 is 1. The number of ether oxygens (including phenoxy) is 2. The predicted molar refractivity (Wildman–Crippen MR) is 151 cm³/mol. The lowest BCUT2D eigenvalue weighted by Gasteiger charge is -2.44. The van der Waals surface area contributed by atoms with Crippen LogP contribution in [0.3, 0.4) is 0 Å². The second-order valence-electron chi connectivity index (χ2n) is 11.3. The molecule has 2 aromatic rings. The molecule has 1 saturated carbocycles. The molecule has 0 spiro atoms. The van der Waals surface area contributed by atoms with Crippen molar-refractivity contribution >= 4 is 23.9 Å². The lowest BCUT2D eigenvalue weighted by molar-refractivity contribution is -0.148. The summed E-state index contributed by atoms with van der Waals surface area (Å²) in [5.41, 5.74) is 2.52. The zero-order chi connectivity index (χ0) is 29.4. The van der Waals surface area contributed by atoms with Crippen LogP contribution in [-0.2, 0) is 30.3 Å². The molecule has 1 aliphatic rings. The summed E-state index contributed by atoms with van der Waals surface area (Å²) in [5.74, 6) is -1.48. The molecule has 3 rings (SSSR count). The molecule has 2 unspecified atom stereocenters. The standard InChI is InChI=1S/C31H41N3O6/c1-20-15-16-21(2)24(17-20)27(28(36)32-19-26(35)39-6)34(23-13-10-14-23)29(37)25(18-22-11-8-7-9-12-22)33-30(38)40-31(3,4)5/h7-9,11-12,15-17,23,25,27H,10,13-14,18-19H2,1-6H3,(H,32,36)(H,33,38). The van der Waals surface area contributed by atoms with Crippen molar-refractivity contribution in [2.75, 3.05) is 13.7 Å². The van der Waals surface area contributed by atoms with Gasteiger partial charge in [0, 0.05) is 12.5 Å². The van der Waals surface area contributed by atoms with Gasteiger partial charge in [-0.15, -0.1) is 0 Å².